The van der Waals surface area contributed by atoms with Crippen molar-refractivity contribution in [2.75, 3.05) is 50.7 Å². The molecule has 0 radical (unpaired) electrons. The summed E-state index contributed by atoms with van der Waals surface area (Å²) in [4.78, 5) is 25.6. The Morgan fingerprint density at radius 1 is 1.35 bits per heavy atom. The maximum atomic E-state index is 12.8. The molecule has 9 heteroatoms. The van der Waals surface area contributed by atoms with E-state index < -0.39 is 0 Å². The van der Waals surface area contributed by atoms with Crippen molar-refractivity contribution in [1.82, 2.24) is 24.9 Å². The van der Waals surface area contributed by atoms with Crippen LogP contribution >= 0.6 is 11.3 Å². The summed E-state index contributed by atoms with van der Waals surface area (Å²) >= 11 is 1.83. The third-order valence-corrected chi connectivity index (χ3v) is 6.78. The Morgan fingerprint density at radius 2 is 2.26 bits per heavy atom. The molecule has 1 atom stereocenters. The van der Waals surface area contributed by atoms with Crippen molar-refractivity contribution in [3.05, 3.63) is 34.8 Å². The SMILES string of the molecule is CCNC(=NCC1CCCN(Cc2cccs2)C1)N1CCN(c2cnn(C)c2)C(=O)C1. The lowest BCUT2D eigenvalue weighted by molar-refractivity contribution is -0.120. The highest BCUT2D eigenvalue weighted by atomic mass is 32.1. The molecule has 2 saturated heterocycles. The lowest BCUT2D eigenvalue weighted by Crippen LogP contribution is -2.55. The van der Waals surface area contributed by atoms with Crippen LogP contribution in [0.2, 0.25) is 0 Å². The number of carbonyl (C=O) groups excluding carboxylic acids is 1. The van der Waals surface area contributed by atoms with Gasteiger partial charge < -0.3 is 15.1 Å². The summed E-state index contributed by atoms with van der Waals surface area (Å²) in [7, 11) is 1.87. The summed E-state index contributed by atoms with van der Waals surface area (Å²) in [5.74, 6) is 1.51. The number of hydrogen-bond acceptors (Lipinski definition) is 5. The molecule has 1 N–H and O–H groups in total. The molecule has 1 unspecified atom stereocenters. The van der Waals surface area contributed by atoms with E-state index in [-0.39, 0.29) is 5.91 Å². The van der Waals surface area contributed by atoms with Gasteiger partial charge in [-0.25, -0.2) is 0 Å². The van der Waals surface area contributed by atoms with Crippen molar-refractivity contribution in [2.45, 2.75) is 26.3 Å². The molecule has 0 aromatic carbocycles. The summed E-state index contributed by atoms with van der Waals surface area (Å²) in [6.07, 6.45) is 6.08. The van der Waals surface area contributed by atoms with Gasteiger partial charge in [0.15, 0.2) is 5.96 Å². The number of rotatable bonds is 6. The zero-order valence-corrected chi connectivity index (χ0v) is 19.4. The van der Waals surface area contributed by atoms with Crippen LogP contribution in [0.25, 0.3) is 0 Å². The molecular weight excluding hydrogens is 410 g/mol. The van der Waals surface area contributed by atoms with Crippen LogP contribution < -0.4 is 10.2 Å². The molecule has 8 nitrogen and oxygen atoms in total. The second kappa shape index (κ2) is 10.3. The van der Waals surface area contributed by atoms with Crippen LogP contribution in [0.1, 0.15) is 24.6 Å². The predicted molar refractivity (Wildman–Crippen MR) is 125 cm³/mol. The highest BCUT2D eigenvalue weighted by Gasteiger charge is 2.28. The number of piperazine rings is 1. The highest BCUT2D eigenvalue weighted by Crippen LogP contribution is 2.21. The minimum absolute atomic E-state index is 0.0876. The fraction of sp³-hybridized carbons (Fsp3) is 0.591. The van der Waals surface area contributed by atoms with Gasteiger partial charge in [0, 0.05) is 57.4 Å². The van der Waals surface area contributed by atoms with Crippen LogP contribution in [-0.2, 0) is 18.4 Å². The number of aliphatic imine (C=N–C) groups is 1. The molecule has 2 aliphatic heterocycles. The topological polar surface area (TPSA) is 69.0 Å². The van der Waals surface area contributed by atoms with Crippen molar-refractivity contribution < 1.29 is 4.79 Å². The van der Waals surface area contributed by atoms with Crippen molar-refractivity contribution >= 4 is 28.9 Å². The minimum Gasteiger partial charge on any atom is -0.357 e. The van der Waals surface area contributed by atoms with Gasteiger partial charge in [0.25, 0.3) is 0 Å². The molecule has 31 heavy (non-hydrogen) atoms. The summed E-state index contributed by atoms with van der Waals surface area (Å²) < 4.78 is 1.73. The fourth-order valence-electron chi connectivity index (χ4n) is 4.38. The number of thiophene rings is 1. The molecule has 0 aliphatic carbocycles. The van der Waals surface area contributed by atoms with Gasteiger partial charge in [-0.15, -0.1) is 11.3 Å². The number of amides is 1. The number of nitrogens with one attached hydrogen (secondary N) is 1. The number of anilines is 1. The molecule has 2 aromatic rings. The lowest BCUT2D eigenvalue weighted by atomic mass is 9.98. The number of likely N-dealkylation sites (tertiary alicyclic amines) is 1. The predicted octanol–water partition coefficient (Wildman–Crippen LogP) is 2.01. The van der Waals surface area contributed by atoms with E-state index in [9.17, 15) is 4.79 Å². The quantitative estimate of drug-likeness (QED) is 0.546. The van der Waals surface area contributed by atoms with E-state index in [0.717, 1.165) is 44.4 Å². The molecule has 4 heterocycles. The Kier molecular flexibility index (Phi) is 7.24. The zero-order chi connectivity index (χ0) is 21.6. The number of carbonyl (C=O) groups is 1. The molecule has 2 aromatic heterocycles. The Hall–Kier alpha value is -2.39. The molecule has 168 valence electrons. The molecule has 2 fully saturated rings. The van der Waals surface area contributed by atoms with Crippen LogP contribution in [0.4, 0.5) is 5.69 Å². The Morgan fingerprint density at radius 3 is 2.97 bits per heavy atom. The van der Waals surface area contributed by atoms with Crippen LogP contribution in [-0.4, -0.2) is 77.3 Å². The van der Waals surface area contributed by atoms with E-state index in [1.54, 1.807) is 10.9 Å². The Bertz CT molecular complexity index is 878. The van der Waals surface area contributed by atoms with Gasteiger partial charge in [-0.3, -0.25) is 19.4 Å². The van der Waals surface area contributed by atoms with Crippen molar-refractivity contribution in [3.8, 4) is 0 Å². The van der Waals surface area contributed by atoms with Gasteiger partial charge in [-0.2, -0.15) is 5.10 Å². The first-order chi connectivity index (χ1) is 15.1. The number of aryl methyl sites for hydroxylation is 1. The molecule has 0 bridgehead atoms. The zero-order valence-electron chi connectivity index (χ0n) is 18.5. The van der Waals surface area contributed by atoms with E-state index in [1.165, 1.54) is 24.3 Å². The van der Waals surface area contributed by atoms with Gasteiger partial charge in [-0.1, -0.05) is 6.07 Å². The average Bonchev–Trinajstić information content (AvgIpc) is 3.43. The number of nitrogens with zero attached hydrogens (tertiary/aromatic N) is 6. The summed E-state index contributed by atoms with van der Waals surface area (Å²) in [6.45, 7) is 8.74. The second-order valence-electron chi connectivity index (χ2n) is 8.36. The Labute approximate surface area is 188 Å². The van der Waals surface area contributed by atoms with E-state index in [4.69, 9.17) is 4.99 Å². The minimum atomic E-state index is 0.0876. The van der Waals surface area contributed by atoms with Crippen LogP contribution in [0.3, 0.4) is 0 Å². The first-order valence-electron chi connectivity index (χ1n) is 11.2. The molecule has 0 saturated carbocycles. The van der Waals surface area contributed by atoms with Gasteiger partial charge >= 0.3 is 0 Å². The third kappa shape index (κ3) is 5.65. The highest BCUT2D eigenvalue weighted by molar-refractivity contribution is 7.09. The van der Waals surface area contributed by atoms with E-state index in [0.29, 0.717) is 19.0 Å². The lowest BCUT2D eigenvalue weighted by Gasteiger charge is -2.36. The number of aromatic nitrogens is 2. The van der Waals surface area contributed by atoms with Gasteiger partial charge in [-0.05, 0) is 43.7 Å². The van der Waals surface area contributed by atoms with E-state index in [2.05, 4.69) is 44.7 Å². The van der Waals surface area contributed by atoms with Crippen molar-refractivity contribution in [3.63, 3.8) is 0 Å². The van der Waals surface area contributed by atoms with Gasteiger partial charge in [0.1, 0.15) is 6.54 Å². The number of guanidine groups is 1. The maximum Gasteiger partial charge on any atom is 0.246 e. The molecule has 2 aliphatic rings. The standard InChI is InChI=1S/C22H33N7OS/c1-3-23-22(28-9-10-29(21(30)17-28)19-13-25-26(2)15-19)24-12-18-6-4-8-27(14-18)16-20-7-5-11-31-20/h5,7,11,13,15,18H,3-4,6,8-10,12,14,16-17H2,1-2H3,(H,23,24). The Balaban J connectivity index is 1.34. The number of piperidine rings is 1. The van der Waals surface area contributed by atoms with E-state index >= 15 is 0 Å². The van der Waals surface area contributed by atoms with Crippen LogP contribution in [0, 0.1) is 5.92 Å². The smallest absolute Gasteiger partial charge is 0.246 e. The normalized spacial score (nSPS) is 21.0. The number of hydrogen-bond donors (Lipinski definition) is 1. The van der Waals surface area contributed by atoms with E-state index in [1.807, 2.05) is 29.5 Å². The maximum absolute atomic E-state index is 12.8. The average molecular weight is 444 g/mol. The van der Waals surface area contributed by atoms with Crippen molar-refractivity contribution in [1.29, 1.82) is 0 Å². The van der Waals surface area contributed by atoms with Crippen LogP contribution in [0.15, 0.2) is 34.9 Å². The largest absolute Gasteiger partial charge is 0.357 e. The third-order valence-electron chi connectivity index (χ3n) is 5.92. The van der Waals surface area contributed by atoms with Gasteiger partial charge in [0.2, 0.25) is 5.91 Å². The molecular formula is C22H33N7OS. The molecule has 1 amide bonds. The molecule has 0 spiro atoms. The first-order valence-corrected chi connectivity index (χ1v) is 12.1. The first kappa shape index (κ1) is 21.8. The van der Waals surface area contributed by atoms with Gasteiger partial charge in [0.05, 0.1) is 11.9 Å². The fourth-order valence-corrected chi connectivity index (χ4v) is 5.13. The summed E-state index contributed by atoms with van der Waals surface area (Å²) in [5, 5.41) is 9.74. The second-order valence-corrected chi connectivity index (χ2v) is 9.39. The van der Waals surface area contributed by atoms with Crippen molar-refractivity contribution in [2.24, 2.45) is 18.0 Å². The summed E-state index contributed by atoms with van der Waals surface area (Å²) in [5.41, 5.74) is 0.863. The van der Waals surface area contributed by atoms with Crippen LogP contribution in [0.5, 0.6) is 0 Å². The molecule has 4 rings (SSSR count). The summed E-state index contributed by atoms with van der Waals surface area (Å²) in [6, 6.07) is 4.35. The monoisotopic (exact) mass is 443 g/mol.